The lowest BCUT2D eigenvalue weighted by Gasteiger charge is -2.39. The van der Waals surface area contributed by atoms with Crippen molar-refractivity contribution in [3.8, 4) is 6.07 Å². The zero-order chi connectivity index (χ0) is 13.8. The highest BCUT2D eigenvalue weighted by molar-refractivity contribution is 5.14. The minimum absolute atomic E-state index is 0.0781. The van der Waals surface area contributed by atoms with E-state index in [4.69, 9.17) is 10.00 Å². The Bertz CT molecular complexity index is 472. The van der Waals surface area contributed by atoms with Crippen LogP contribution in [0.3, 0.4) is 0 Å². The molecule has 2 fully saturated rings. The van der Waals surface area contributed by atoms with Crippen molar-refractivity contribution >= 4 is 0 Å². The summed E-state index contributed by atoms with van der Waals surface area (Å²) in [5, 5.41) is 8.78. The second-order valence-corrected chi connectivity index (χ2v) is 6.09. The highest BCUT2D eigenvalue weighted by Gasteiger charge is 2.42. The molecule has 3 rings (SSSR count). The molecule has 1 aromatic carbocycles. The predicted molar refractivity (Wildman–Crippen MR) is 78.0 cm³/mol. The van der Waals surface area contributed by atoms with Crippen molar-refractivity contribution in [1.82, 2.24) is 4.90 Å². The molecule has 0 bridgehead atoms. The van der Waals surface area contributed by atoms with Crippen molar-refractivity contribution in [3.63, 3.8) is 0 Å². The van der Waals surface area contributed by atoms with Gasteiger partial charge in [0.15, 0.2) is 0 Å². The number of likely N-dealkylation sites (tertiary alicyclic amines) is 1. The maximum Gasteiger partial charge on any atom is 0.0713 e. The first kappa shape index (κ1) is 13.6. The smallest absolute Gasteiger partial charge is 0.0713 e. The topological polar surface area (TPSA) is 36.3 Å². The van der Waals surface area contributed by atoms with E-state index in [1.807, 2.05) is 0 Å². The van der Waals surface area contributed by atoms with Gasteiger partial charge in [0.05, 0.1) is 24.2 Å². The second kappa shape index (κ2) is 5.95. The van der Waals surface area contributed by atoms with Crippen LogP contribution in [-0.4, -0.2) is 29.7 Å². The van der Waals surface area contributed by atoms with Gasteiger partial charge in [0.1, 0.15) is 0 Å². The summed E-state index contributed by atoms with van der Waals surface area (Å²) in [5.74, 6) is 0. The Morgan fingerprint density at radius 1 is 1.20 bits per heavy atom. The molecule has 3 heteroatoms. The third kappa shape index (κ3) is 3.03. The van der Waals surface area contributed by atoms with E-state index in [-0.39, 0.29) is 11.7 Å². The molecule has 0 N–H and O–H groups in total. The number of hydrogen-bond donors (Lipinski definition) is 0. The minimum Gasteiger partial charge on any atom is -0.371 e. The minimum atomic E-state index is 0.0781. The van der Waals surface area contributed by atoms with Crippen molar-refractivity contribution in [2.45, 2.75) is 50.4 Å². The fourth-order valence-electron chi connectivity index (χ4n) is 3.47. The predicted octanol–water partition coefficient (Wildman–Crippen LogP) is 3.11. The van der Waals surface area contributed by atoms with Crippen LogP contribution in [0.25, 0.3) is 0 Å². The fraction of sp³-hybridized carbons (Fsp3) is 0.588. The van der Waals surface area contributed by atoms with E-state index >= 15 is 0 Å². The average Bonchev–Trinajstić information content (AvgIpc) is 2.86. The monoisotopic (exact) mass is 270 g/mol. The molecule has 2 aliphatic rings. The van der Waals surface area contributed by atoms with E-state index in [0.29, 0.717) is 6.42 Å². The van der Waals surface area contributed by atoms with Gasteiger partial charge in [-0.25, -0.2) is 0 Å². The van der Waals surface area contributed by atoms with Gasteiger partial charge in [0.25, 0.3) is 0 Å². The summed E-state index contributed by atoms with van der Waals surface area (Å²) >= 11 is 0. The van der Waals surface area contributed by atoms with Crippen molar-refractivity contribution < 1.29 is 4.74 Å². The van der Waals surface area contributed by atoms with Crippen LogP contribution in [0.15, 0.2) is 30.3 Å². The van der Waals surface area contributed by atoms with E-state index in [9.17, 15) is 0 Å². The van der Waals surface area contributed by atoms with Crippen molar-refractivity contribution in [2.24, 2.45) is 0 Å². The van der Waals surface area contributed by atoms with Crippen LogP contribution >= 0.6 is 0 Å². The highest BCUT2D eigenvalue weighted by Crippen LogP contribution is 2.39. The van der Waals surface area contributed by atoms with E-state index < -0.39 is 0 Å². The van der Waals surface area contributed by atoms with E-state index in [1.165, 1.54) is 5.56 Å². The Hall–Kier alpha value is -1.37. The average molecular weight is 270 g/mol. The molecule has 1 aromatic rings. The molecular weight excluding hydrogens is 248 g/mol. The molecule has 2 saturated heterocycles. The number of nitriles is 1. The highest BCUT2D eigenvalue weighted by atomic mass is 16.5. The lowest BCUT2D eigenvalue weighted by molar-refractivity contribution is -0.0763. The molecule has 3 nitrogen and oxygen atoms in total. The zero-order valence-electron chi connectivity index (χ0n) is 11.9. The summed E-state index contributed by atoms with van der Waals surface area (Å²) < 4.78 is 6.18. The van der Waals surface area contributed by atoms with Crippen LogP contribution in [0.4, 0.5) is 0 Å². The van der Waals surface area contributed by atoms with E-state index in [0.717, 1.165) is 45.3 Å². The summed E-state index contributed by atoms with van der Waals surface area (Å²) in [7, 11) is 0. The van der Waals surface area contributed by atoms with Gasteiger partial charge in [-0.3, -0.25) is 4.90 Å². The number of rotatable bonds is 3. The first-order chi connectivity index (χ1) is 9.80. The van der Waals surface area contributed by atoms with Crippen molar-refractivity contribution in [3.05, 3.63) is 35.9 Å². The molecule has 20 heavy (non-hydrogen) atoms. The quantitative estimate of drug-likeness (QED) is 0.846. The summed E-state index contributed by atoms with van der Waals surface area (Å²) in [6.45, 7) is 3.25. The molecule has 1 atom stereocenters. The fourth-order valence-corrected chi connectivity index (χ4v) is 3.47. The maximum absolute atomic E-state index is 8.78. The molecule has 0 amide bonds. The molecule has 2 heterocycles. The normalized spacial score (nSPS) is 25.6. The van der Waals surface area contributed by atoms with E-state index in [1.54, 1.807) is 0 Å². The SMILES string of the molecule is N#CCC1CCC2(CCN(Cc3ccccc3)CC2)O1. The Labute approximate surface area is 121 Å². The third-order valence-electron chi connectivity index (χ3n) is 4.67. The lowest BCUT2D eigenvalue weighted by Crippen LogP contribution is -2.44. The molecule has 0 aliphatic carbocycles. The summed E-state index contributed by atoms with van der Waals surface area (Å²) in [6, 6.07) is 12.9. The van der Waals surface area contributed by atoms with Gasteiger partial charge < -0.3 is 4.74 Å². The summed E-state index contributed by atoms with van der Waals surface area (Å²) in [4.78, 5) is 2.52. The van der Waals surface area contributed by atoms with Crippen LogP contribution in [0.5, 0.6) is 0 Å². The van der Waals surface area contributed by atoms with Gasteiger partial charge >= 0.3 is 0 Å². The molecule has 1 spiro atoms. The third-order valence-corrected chi connectivity index (χ3v) is 4.67. The number of benzene rings is 1. The van der Waals surface area contributed by atoms with E-state index in [2.05, 4.69) is 41.3 Å². The van der Waals surface area contributed by atoms with Crippen molar-refractivity contribution in [2.75, 3.05) is 13.1 Å². The number of nitrogens with zero attached hydrogens (tertiary/aromatic N) is 2. The molecule has 0 saturated carbocycles. The standard InChI is InChI=1S/C17H22N2O/c18-11-7-16-6-8-17(20-16)9-12-19(13-10-17)14-15-4-2-1-3-5-15/h1-5,16H,6-10,12-14H2. The zero-order valence-corrected chi connectivity index (χ0v) is 11.9. The molecule has 0 aromatic heterocycles. The summed E-state index contributed by atoms with van der Waals surface area (Å²) in [5.41, 5.74) is 1.47. The molecular formula is C17H22N2O. The first-order valence-corrected chi connectivity index (χ1v) is 7.61. The van der Waals surface area contributed by atoms with Crippen LogP contribution in [0.1, 0.15) is 37.7 Å². The summed E-state index contributed by atoms with van der Waals surface area (Å²) in [6.07, 6.45) is 5.16. The Kier molecular flexibility index (Phi) is 4.05. The van der Waals surface area contributed by atoms with Crippen LogP contribution in [0.2, 0.25) is 0 Å². The Morgan fingerprint density at radius 2 is 1.95 bits per heavy atom. The Balaban J connectivity index is 1.51. The molecule has 1 unspecified atom stereocenters. The van der Waals surface area contributed by atoms with Crippen LogP contribution in [0, 0.1) is 11.3 Å². The molecule has 0 radical (unpaired) electrons. The van der Waals surface area contributed by atoms with Gasteiger partial charge in [-0.1, -0.05) is 30.3 Å². The van der Waals surface area contributed by atoms with Crippen LogP contribution in [-0.2, 0) is 11.3 Å². The number of hydrogen-bond acceptors (Lipinski definition) is 3. The van der Waals surface area contributed by atoms with Gasteiger partial charge in [0, 0.05) is 19.6 Å². The van der Waals surface area contributed by atoms with Gasteiger partial charge in [-0.2, -0.15) is 5.26 Å². The number of piperidine rings is 1. The van der Waals surface area contributed by atoms with Crippen LogP contribution < -0.4 is 0 Å². The Morgan fingerprint density at radius 3 is 2.65 bits per heavy atom. The van der Waals surface area contributed by atoms with Gasteiger partial charge in [-0.15, -0.1) is 0 Å². The molecule has 106 valence electrons. The molecule has 2 aliphatic heterocycles. The second-order valence-electron chi connectivity index (χ2n) is 6.09. The van der Waals surface area contributed by atoms with Crippen molar-refractivity contribution in [1.29, 1.82) is 5.26 Å². The lowest BCUT2D eigenvalue weighted by atomic mass is 9.88. The largest absolute Gasteiger partial charge is 0.371 e. The van der Waals surface area contributed by atoms with Gasteiger partial charge in [0.2, 0.25) is 0 Å². The van der Waals surface area contributed by atoms with Gasteiger partial charge in [-0.05, 0) is 31.2 Å². The maximum atomic E-state index is 8.78. The first-order valence-electron chi connectivity index (χ1n) is 7.61. The number of ether oxygens (including phenoxy) is 1.